The summed E-state index contributed by atoms with van der Waals surface area (Å²) in [6.45, 7) is 0. The number of aromatic nitrogens is 4. The lowest BCUT2D eigenvalue weighted by Crippen LogP contribution is -2.36. The highest BCUT2D eigenvalue weighted by Crippen LogP contribution is 2.39. The zero-order valence-corrected chi connectivity index (χ0v) is 19.6. The van der Waals surface area contributed by atoms with Crippen LogP contribution in [0.25, 0.3) is 33.0 Å². The molecule has 182 valence electrons. The molecule has 0 fully saturated rings. The van der Waals surface area contributed by atoms with Gasteiger partial charge in [-0.3, -0.25) is 29.2 Å². The van der Waals surface area contributed by atoms with Crippen molar-refractivity contribution < 1.29 is 0 Å². The third-order valence-corrected chi connectivity index (χ3v) is 8.25. The second-order valence-electron chi connectivity index (χ2n) is 10.2. The molecule has 4 aromatic rings. The second kappa shape index (κ2) is 7.36. The Kier molecular flexibility index (Phi) is 4.39. The molecular weight excluding hydrogens is 460 g/mol. The molecule has 0 saturated carbocycles. The van der Waals surface area contributed by atoms with Crippen LogP contribution in [0.1, 0.15) is 74.5 Å². The van der Waals surface area contributed by atoms with Gasteiger partial charge in [0.1, 0.15) is 44.9 Å². The molecule has 1 atom stereocenters. The molecule has 0 bridgehead atoms. The minimum absolute atomic E-state index is 0.0226. The van der Waals surface area contributed by atoms with E-state index < -0.39 is 33.5 Å². The van der Waals surface area contributed by atoms with Crippen molar-refractivity contribution in [2.75, 3.05) is 0 Å². The van der Waals surface area contributed by atoms with Gasteiger partial charge in [-0.1, -0.05) is 12.8 Å². The normalized spacial score (nSPS) is 20.0. The van der Waals surface area contributed by atoms with E-state index in [2.05, 4.69) is 9.97 Å². The molecule has 10 heteroatoms. The van der Waals surface area contributed by atoms with Crippen LogP contribution < -0.4 is 33.2 Å². The van der Waals surface area contributed by atoms with Crippen molar-refractivity contribution in [2.45, 2.75) is 70.4 Å². The van der Waals surface area contributed by atoms with Crippen molar-refractivity contribution in [3.63, 3.8) is 0 Å². The highest BCUT2D eigenvalue weighted by molar-refractivity contribution is 5.95. The number of rotatable bonds is 0. The van der Waals surface area contributed by atoms with Crippen molar-refractivity contribution >= 4 is 33.0 Å². The molecule has 1 unspecified atom stereocenters. The first kappa shape index (κ1) is 21.5. The summed E-state index contributed by atoms with van der Waals surface area (Å²) in [7, 11) is 0. The molecule has 7 rings (SSSR count). The summed E-state index contributed by atoms with van der Waals surface area (Å²) in [5.41, 5.74) is 6.41. The summed E-state index contributed by atoms with van der Waals surface area (Å²) < 4.78 is 2.47. The molecule has 4 heterocycles. The summed E-state index contributed by atoms with van der Waals surface area (Å²) in [6, 6.07) is 0. The lowest BCUT2D eigenvalue weighted by molar-refractivity contribution is 0.559. The Morgan fingerprint density at radius 2 is 1.36 bits per heavy atom. The van der Waals surface area contributed by atoms with Gasteiger partial charge < -0.3 is 5.73 Å². The van der Waals surface area contributed by atoms with E-state index in [0.717, 1.165) is 71.6 Å². The monoisotopic (exact) mass is 484 g/mol. The fourth-order valence-electron chi connectivity index (χ4n) is 6.48. The van der Waals surface area contributed by atoms with Crippen LogP contribution in [0.4, 0.5) is 0 Å². The van der Waals surface area contributed by atoms with E-state index in [0.29, 0.717) is 25.1 Å². The Hall–Kier alpha value is -3.79. The average Bonchev–Trinajstić information content (AvgIpc) is 3.10. The van der Waals surface area contributed by atoms with Crippen molar-refractivity contribution in [2.24, 2.45) is 5.73 Å². The van der Waals surface area contributed by atoms with Crippen LogP contribution in [-0.4, -0.2) is 18.9 Å². The molecule has 2 aliphatic carbocycles. The molecule has 3 N–H and O–H groups in total. The SMILES string of the molecule is N=c1c2c(c3nc4c(=O)c5c(=O)n6c(nc5c(=O)c4c(=O)n13)C1=C(CCCCC1)C6N)CCCCC2. The zero-order chi connectivity index (χ0) is 24.9. The number of hydrogen-bond acceptors (Lipinski definition) is 8. The van der Waals surface area contributed by atoms with Crippen LogP contribution in [0.15, 0.2) is 24.8 Å². The first-order chi connectivity index (χ1) is 17.4. The number of aryl methyl sites for hydroxylation is 1. The van der Waals surface area contributed by atoms with Crippen LogP contribution in [0.2, 0.25) is 0 Å². The van der Waals surface area contributed by atoms with Gasteiger partial charge in [0, 0.05) is 11.1 Å². The van der Waals surface area contributed by atoms with Crippen molar-refractivity contribution in [3.05, 3.63) is 69.2 Å². The first-order valence-electron chi connectivity index (χ1n) is 12.6. The fraction of sp³-hybridized carbons (Fsp3) is 0.423. The van der Waals surface area contributed by atoms with E-state index in [9.17, 15) is 19.2 Å². The Labute approximate surface area is 202 Å². The number of allylic oxidation sites excluding steroid dienone is 1. The van der Waals surface area contributed by atoms with Gasteiger partial charge in [-0.25, -0.2) is 14.4 Å². The van der Waals surface area contributed by atoms with Gasteiger partial charge in [-0.05, 0) is 62.5 Å². The molecule has 1 aliphatic heterocycles. The van der Waals surface area contributed by atoms with E-state index in [1.807, 2.05) is 0 Å². The Morgan fingerprint density at radius 1 is 0.750 bits per heavy atom. The molecule has 0 amide bonds. The van der Waals surface area contributed by atoms with Gasteiger partial charge >= 0.3 is 0 Å². The lowest BCUT2D eigenvalue weighted by atomic mass is 10.0. The highest BCUT2D eigenvalue weighted by atomic mass is 16.2. The summed E-state index contributed by atoms with van der Waals surface area (Å²) in [5, 5.41) is 7.85. The van der Waals surface area contributed by atoms with Gasteiger partial charge in [0.2, 0.25) is 10.9 Å². The standard InChI is InChI=1S/C26H24N6O4/c27-21-11-7-3-1-5-9-13(11)23-29-17-15(25(35)31(21)23)20(34)18-16(19(17)33)26(36)32-22(28)12-8-4-2-6-10-14(12)24(32)30-18/h21,28H,1-10,27H2. The molecule has 1 aromatic carbocycles. The highest BCUT2D eigenvalue weighted by Gasteiger charge is 2.34. The average molecular weight is 485 g/mol. The lowest BCUT2D eigenvalue weighted by Gasteiger charge is -2.14. The smallest absolute Gasteiger partial charge is 0.271 e. The molecule has 0 saturated heterocycles. The van der Waals surface area contributed by atoms with Gasteiger partial charge in [0.25, 0.3) is 11.1 Å². The largest absolute Gasteiger partial charge is 0.307 e. The second-order valence-corrected chi connectivity index (χ2v) is 10.2. The third kappa shape index (κ3) is 2.57. The third-order valence-electron chi connectivity index (χ3n) is 8.25. The Bertz CT molecular complexity index is 1970. The Morgan fingerprint density at radius 3 is 2.11 bits per heavy atom. The van der Waals surface area contributed by atoms with Crippen LogP contribution in [-0.2, 0) is 12.8 Å². The van der Waals surface area contributed by atoms with Crippen LogP contribution in [0.5, 0.6) is 0 Å². The zero-order valence-electron chi connectivity index (χ0n) is 19.6. The van der Waals surface area contributed by atoms with E-state index in [4.69, 9.17) is 11.1 Å². The fourth-order valence-corrected chi connectivity index (χ4v) is 6.48. The summed E-state index contributed by atoms with van der Waals surface area (Å²) in [6.07, 6.45) is 7.71. The number of hydrogen-bond donors (Lipinski definition) is 2. The first-order valence-corrected chi connectivity index (χ1v) is 12.6. The Balaban J connectivity index is 1.64. The number of fused-ring (bicyclic) bond motifs is 7. The van der Waals surface area contributed by atoms with E-state index >= 15 is 0 Å². The molecule has 0 radical (unpaired) electrons. The van der Waals surface area contributed by atoms with Crippen LogP contribution in [0, 0.1) is 5.41 Å². The minimum Gasteiger partial charge on any atom is -0.307 e. The minimum atomic E-state index is -0.793. The van der Waals surface area contributed by atoms with Crippen LogP contribution in [0.3, 0.4) is 0 Å². The predicted octanol–water partition coefficient (Wildman–Crippen LogP) is 1.09. The maximum absolute atomic E-state index is 13.7. The maximum Gasteiger partial charge on any atom is 0.271 e. The summed E-state index contributed by atoms with van der Waals surface area (Å²) in [5.74, 6) is 0.322. The molecular formula is C26H24N6O4. The molecule has 0 spiro atoms. The molecule has 36 heavy (non-hydrogen) atoms. The van der Waals surface area contributed by atoms with Gasteiger partial charge in [0.05, 0.1) is 0 Å². The number of nitrogens with one attached hydrogen (secondary N) is 1. The van der Waals surface area contributed by atoms with E-state index in [-0.39, 0.29) is 27.6 Å². The van der Waals surface area contributed by atoms with Gasteiger partial charge in [-0.15, -0.1) is 0 Å². The topological polar surface area (TPSA) is 153 Å². The quantitative estimate of drug-likeness (QED) is 0.280. The number of benzene rings is 1. The summed E-state index contributed by atoms with van der Waals surface area (Å²) >= 11 is 0. The number of nitrogens with zero attached hydrogens (tertiary/aromatic N) is 4. The molecule has 3 aromatic heterocycles. The van der Waals surface area contributed by atoms with Crippen molar-refractivity contribution in [1.29, 1.82) is 5.41 Å². The molecule has 10 nitrogen and oxygen atoms in total. The molecule has 3 aliphatic rings. The van der Waals surface area contributed by atoms with Crippen molar-refractivity contribution in [3.8, 4) is 0 Å². The number of nitrogens with two attached hydrogens (primary N) is 1. The van der Waals surface area contributed by atoms with Gasteiger partial charge in [0.15, 0.2) is 0 Å². The van der Waals surface area contributed by atoms with Crippen LogP contribution >= 0.6 is 0 Å². The predicted molar refractivity (Wildman–Crippen MR) is 134 cm³/mol. The van der Waals surface area contributed by atoms with E-state index in [1.165, 1.54) is 4.57 Å². The summed E-state index contributed by atoms with van der Waals surface area (Å²) in [4.78, 5) is 63.6. The van der Waals surface area contributed by atoms with Crippen molar-refractivity contribution in [1.82, 2.24) is 18.9 Å². The maximum atomic E-state index is 13.7. The van der Waals surface area contributed by atoms with E-state index in [1.54, 1.807) is 0 Å². The van der Waals surface area contributed by atoms with Gasteiger partial charge in [-0.2, -0.15) is 0 Å².